The number of aromatic nitrogens is 2. The molecule has 24 heavy (non-hydrogen) atoms. The number of carbonyl (C=O) groups is 1. The predicted octanol–water partition coefficient (Wildman–Crippen LogP) is 3.36. The van der Waals surface area contributed by atoms with Gasteiger partial charge in [0.1, 0.15) is 12.4 Å². The summed E-state index contributed by atoms with van der Waals surface area (Å²) in [6, 6.07) is 10.0. The number of fused-ring (bicyclic) bond motifs is 1. The molecule has 0 radical (unpaired) electrons. The summed E-state index contributed by atoms with van der Waals surface area (Å²) >= 11 is 0. The largest absolute Gasteiger partial charge is 0.341 e. The van der Waals surface area contributed by atoms with Gasteiger partial charge in [0.25, 0.3) is 0 Å². The molecule has 4 nitrogen and oxygen atoms in total. The molecule has 0 spiro atoms. The second-order valence-corrected chi connectivity index (χ2v) is 7.05. The number of nitrogens with zero attached hydrogens (tertiary/aromatic N) is 3. The average molecular weight is 321 g/mol. The molecule has 1 saturated heterocycles. The van der Waals surface area contributed by atoms with E-state index in [1.165, 1.54) is 5.57 Å². The van der Waals surface area contributed by atoms with Crippen LogP contribution >= 0.6 is 0 Å². The molecule has 2 atom stereocenters. The lowest BCUT2D eigenvalue weighted by Gasteiger charge is -2.21. The van der Waals surface area contributed by atoms with Crippen LogP contribution in [0.2, 0.25) is 0 Å². The Balaban J connectivity index is 1.46. The number of hydrogen-bond acceptors (Lipinski definition) is 2. The molecule has 1 fully saturated rings. The van der Waals surface area contributed by atoms with Gasteiger partial charge in [0.15, 0.2) is 0 Å². The minimum atomic E-state index is 0.206. The molecule has 124 valence electrons. The van der Waals surface area contributed by atoms with Crippen molar-refractivity contribution in [2.45, 2.75) is 26.3 Å². The first-order chi connectivity index (χ1) is 11.7. The van der Waals surface area contributed by atoms with Gasteiger partial charge in [-0.2, -0.15) is 0 Å². The van der Waals surface area contributed by atoms with E-state index in [0.717, 1.165) is 37.3 Å². The molecular weight excluding hydrogens is 298 g/mol. The highest BCUT2D eigenvalue weighted by atomic mass is 16.2. The quantitative estimate of drug-likeness (QED) is 0.813. The summed E-state index contributed by atoms with van der Waals surface area (Å²) in [6.45, 7) is 4.39. The van der Waals surface area contributed by atoms with Gasteiger partial charge in [-0.3, -0.25) is 4.79 Å². The SMILES string of the molecule is CC1=CC[C@H]2CN(C(=O)Cn3ccnc3-c3ccccc3)C[C@H]2C1. The highest BCUT2D eigenvalue weighted by Crippen LogP contribution is 2.35. The zero-order valence-electron chi connectivity index (χ0n) is 14.1. The molecule has 0 N–H and O–H groups in total. The van der Waals surface area contributed by atoms with Gasteiger partial charge in [-0.05, 0) is 31.6 Å². The summed E-state index contributed by atoms with van der Waals surface area (Å²) in [6.07, 6.45) is 8.29. The fraction of sp³-hybridized carbons (Fsp3) is 0.400. The number of hydrogen-bond donors (Lipinski definition) is 0. The Morgan fingerprint density at radius 3 is 2.83 bits per heavy atom. The van der Waals surface area contributed by atoms with E-state index >= 15 is 0 Å². The number of benzene rings is 1. The smallest absolute Gasteiger partial charge is 0.242 e. The minimum absolute atomic E-state index is 0.206. The van der Waals surface area contributed by atoms with Gasteiger partial charge in [-0.15, -0.1) is 0 Å². The zero-order chi connectivity index (χ0) is 16.5. The summed E-state index contributed by atoms with van der Waals surface area (Å²) in [7, 11) is 0. The Labute approximate surface area is 142 Å². The average Bonchev–Trinajstić information content (AvgIpc) is 3.22. The maximum atomic E-state index is 12.8. The van der Waals surface area contributed by atoms with Crippen molar-refractivity contribution in [1.29, 1.82) is 0 Å². The highest BCUT2D eigenvalue weighted by Gasteiger charge is 2.36. The third kappa shape index (κ3) is 2.88. The number of amides is 1. The Hall–Kier alpha value is -2.36. The van der Waals surface area contributed by atoms with Crippen molar-refractivity contribution >= 4 is 5.91 Å². The van der Waals surface area contributed by atoms with Gasteiger partial charge >= 0.3 is 0 Å². The van der Waals surface area contributed by atoms with Crippen LogP contribution in [0.3, 0.4) is 0 Å². The number of allylic oxidation sites excluding steroid dienone is 2. The summed E-state index contributed by atoms with van der Waals surface area (Å²) in [5.74, 6) is 2.36. The molecule has 2 aliphatic rings. The zero-order valence-corrected chi connectivity index (χ0v) is 14.1. The topological polar surface area (TPSA) is 38.1 Å². The third-order valence-electron chi connectivity index (χ3n) is 5.34. The molecule has 1 aliphatic heterocycles. The van der Waals surface area contributed by atoms with E-state index in [0.29, 0.717) is 18.4 Å². The molecule has 2 aromatic rings. The number of imidazole rings is 1. The lowest BCUT2D eigenvalue weighted by atomic mass is 9.83. The van der Waals surface area contributed by atoms with Crippen LogP contribution in [0.15, 0.2) is 54.4 Å². The van der Waals surface area contributed by atoms with Crippen LogP contribution in [0.1, 0.15) is 19.8 Å². The van der Waals surface area contributed by atoms with Gasteiger partial charge in [0, 0.05) is 31.0 Å². The number of rotatable bonds is 3. The molecule has 2 heterocycles. The lowest BCUT2D eigenvalue weighted by Crippen LogP contribution is -2.32. The van der Waals surface area contributed by atoms with E-state index in [9.17, 15) is 4.79 Å². The van der Waals surface area contributed by atoms with Gasteiger partial charge < -0.3 is 9.47 Å². The maximum Gasteiger partial charge on any atom is 0.242 e. The number of likely N-dealkylation sites (tertiary alicyclic amines) is 1. The Morgan fingerprint density at radius 2 is 2.00 bits per heavy atom. The van der Waals surface area contributed by atoms with Crippen LogP contribution in [0.25, 0.3) is 11.4 Å². The van der Waals surface area contributed by atoms with E-state index in [2.05, 4.69) is 22.9 Å². The van der Waals surface area contributed by atoms with E-state index in [1.54, 1.807) is 6.20 Å². The van der Waals surface area contributed by atoms with E-state index in [1.807, 2.05) is 41.1 Å². The first-order valence-corrected chi connectivity index (χ1v) is 8.70. The van der Waals surface area contributed by atoms with Crippen molar-refractivity contribution in [1.82, 2.24) is 14.5 Å². The third-order valence-corrected chi connectivity index (χ3v) is 5.34. The first kappa shape index (κ1) is 15.2. The summed E-state index contributed by atoms with van der Waals surface area (Å²) in [5, 5.41) is 0. The highest BCUT2D eigenvalue weighted by molar-refractivity contribution is 5.77. The fourth-order valence-corrected chi connectivity index (χ4v) is 4.02. The minimum Gasteiger partial charge on any atom is -0.341 e. The second-order valence-electron chi connectivity index (χ2n) is 7.05. The summed E-state index contributed by atoms with van der Waals surface area (Å²) in [4.78, 5) is 19.3. The van der Waals surface area contributed by atoms with Crippen LogP contribution in [-0.2, 0) is 11.3 Å². The fourth-order valence-electron chi connectivity index (χ4n) is 4.02. The predicted molar refractivity (Wildman–Crippen MR) is 94.2 cm³/mol. The van der Waals surface area contributed by atoms with Crippen LogP contribution in [-0.4, -0.2) is 33.4 Å². The lowest BCUT2D eigenvalue weighted by molar-refractivity contribution is -0.131. The molecule has 4 heteroatoms. The van der Waals surface area contributed by atoms with Crippen LogP contribution in [0.4, 0.5) is 0 Å². The van der Waals surface area contributed by atoms with Crippen molar-refractivity contribution in [3.8, 4) is 11.4 Å². The molecule has 1 aliphatic carbocycles. The van der Waals surface area contributed by atoms with Crippen LogP contribution in [0.5, 0.6) is 0 Å². The van der Waals surface area contributed by atoms with Crippen molar-refractivity contribution in [3.63, 3.8) is 0 Å². The first-order valence-electron chi connectivity index (χ1n) is 8.70. The Kier molecular flexibility index (Phi) is 3.97. The normalized spacial score (nSPS) is 23.0. The molecule has 1 aromatic carbocycles. The van der Waals surface area contributed by atoms with Crippen molar-refractivity contribution in [3.05, 3.63) is 54.4 Å². The van der Waals surface area contributed by atoms with Crippen LogP contribution < -0.4 is 0 Å². The van der Waals surface area contributed by atoms with Gasteiger partial charge in [0.05, 0.1) is 0 Å². The Morgan fingerprint density at radius 1 is 1.21 bits per heavy atom. The molecule has 1 amide bonds. The second kappa shape index (κ2) is 6.27. The maximum absolute atomic E-state index is 12.8. The molecule has 1 aromatic heterocycles. The van der Waals surface area contributed by atoms with Gasteiger partial charge in [-0.25, -0.2) is 4.98 Å². The van der Waals surface area contributed by atoms with Crippen molar-refractivity contribution < 1.29 is 4.79 Å². The molecule has 4 rings (SSSR count). The monoisotopic (exact) mass is 321 g/mol. The van der Waals surface area contributed by atoms with E-state index in [4.69, 9.17) is 0 Å². The van der Waals surface area contributed by atoms with Crippen molar-refractivity contribution in [2.24, 2.45) is 11.8 Å². The van der Waals surface area contributed by atoms with Crippen molar-refractivity contribution in [2.75, 3.05) is 13.1 Å². The summed E-state index contributed by atoms with van der Waals surface area (Å²) in [5.41, 5.74) is 2.52. The van der Waals surface area contributed by atoms with Gasteiger partial charge in [0.2, 0.25) is 5.91 Å². The molecular formula is C20H23N3O. The van der Waals surface area contributed by atoms with E-state index in [-0.39, 0.29) is 5.91 Å². The van der Waals surface area contributed by atoms with Crippen LogP contribution in [0, 0.1) is 11.8 Å². The Bertz CT molecular complexity index is 762. The number of carbonyl (C=O) groups excluding carboxylic acids is 1. The van der Waals surface area contributed by atoms with Gasteiger partial charge in [-0.1, -0.05) is 42.0 Å². The standard InChI is InChI=1S/C20H23N3O/c1-15-7-8-17-12-23(13-18(17)11-15)19(24)14-22-10-9-21-20(22)16-5-3-2-4-6-16/h2-7,9-10,17-18H,8,11-14H2,1H3/t17-,18+/m0/s1. The molecule has 0 unspecified atom stereocenters. The molecule has 0 saturated carbocycles. The summed E-state index contributed by atoms with van der Waals surface area (Å²) < 4.78 is 1.96. The van der Waals surface area contributed by atoms with E-state index < -0.39 is 0 Å². The molecule has 0 bridgehead atoms.